The van der Waals surface area contributed by atoms with Crippen molar-refractivity contribution in [1.82, 2.24) is 9.88 Å². The highest BCUT2D eigenvalue weighted by atomic mass is 19.4. The maximum Gasteiger partial charge on any atom is 0.416 e. The molecule has 178 valence electrons. The highest BCUT2D eigenvalue weighted by Crippen LogP contribution is 2.34. The molecule has 0 saturated carbocycles. The average Bonchev–Trinajstić information content (AvgIpc) is 2.84. The maximum atomic E-state index is 13.0. The molecule has 0 bridgehead atoms. The van der Waals surface area contributed by atoms with E-state index in [1.165, 1.54) is 18.2 Å². The first kappa shape index (κ1) is 23.9. The number of ether oxygens (including phenoxy) is 1. The summed E-state index contributed by atoms with van der Waals surface area (Å²) >= 11 is 0. The Labute approximate surface area is 195 Å². The van der Waals surface area contributed by atoms with Gasteiger partial charge >= 0.3 is 12.1 Å². The van der Waals surface area contributed by atoms with Gasteiger partial charge in [-0.3, -0.25) is 4.90 Å². The molecular formula is C26H25F3N2O3. The van der Waals surface area contributed by atoms with Gasteiger partial charge in [0.2, 0.25) is 0 Å². The van der Waals surface area contributed by atoms with Gasteiger partial charge in [-0.05, 0) is 48.2 Å². The zero-order chi connectivity index (χ0) is 24.1. The molecule has 0 radical (unpaired) electrons. The number of aromatic carboxylic acids is 1. The summed E-state index contributed by atoms with van der Waals surface area (Å²) in [6.07, 6.45) is -3.39. The Hall–Kier alpha value is -3.23. The first-order valence-corrected chi connectivity index (χ1v) is 11.1. The molecule has 2 aromatic carbocycles. The van der Waals surface area contributed by atoms with E-state index in [9.17, 15) is 18.0 Å². The van der Waals surface area contributed by atoms with Gasteiger partial charge in [0.25, 0.3) is 0 Å². The maximum absolute atomic E-state index is 13.0. The van der Waals surface area contributed by atoms with Crippen molar-refractivity contribution >= 4 is 5.97 Å². The van der Waals surface area contributed by atoms with Crippen LogP contribution in [0.15, 0.2) is 72.8 Å². The fourth-order valence-corrected chi connectivity index (χ4v) is 4.14. The lowest BCUT2D eigenvalue weighted by molar-refractivity contribution is -0.137. The molecule has 1 aliphatic heterocycles. The van der Waals surface area contributed by atoms with Gasteiger partial charge in [0.15, 0.2) is 0 Å². The van der Waals surface area contributed by atoms with Crippen molar-refractivity contribution in [3.8, 4) is 0 Å². The fraction of sp³-hybridized carbons (Fsp3) is 0.308. The topological polar surface area (TPSA) is 62.7 Å². The summed E-state index contributed by atoms with van der Waals surface area (Å²) in [6, 6.07) is 19.6. The number of alkyl halides is 3. The van der Waals surface area contributed by atoms with Crippen LogP contribution >= 0.6 is 0 Å². The van der Waals surface area contributed by atoms with Crippen LogP contribution in [0.25, 0.3) is 0 Å². The molecule has 3 aromatic rings. The third-order valence-corrected chi connectivity index (χ3v) is 5.92. The number of carboxylic acid groups (broad SMARTS) is 1. The molecule has 8 heteroatoms. The summed E-state index contributed by atoms with van der Waals surface area (Å²) in [5, 5.41) is 9.13. The Kier molecular flexibility index (Phi) is 7.29. The van der Waals surface area contributed by atoms with Crippen molar-refractivity contribution in [2.45, 2.75) is 37.8 Å². The van der Waals surface area contributed by atoms with Crippen molar-refractivity contribution in [2.24, 2.45) is 0 Å². The quantitative estimate of drug-likeness (QED) is 0.489. The molecule has 0 aliphatic carbocycles. The third-order valence-electron chi connectivity index (χ3n) is 5.92. The summed E-state index contributed by atoms with van der Waals surface area (Å²) < 4.78 is 45.4. The van der Waals surface area contributed by atoms with Crippen LogP contribution in [0.1, 0.15) is 51.8 Å². The molecule has 2 heterocycles. The van der Waals surface area contributed by atoms with E-state index in [0.29, 0.717) is 17.8 Å². The number of nitrogens with zero attached hydrogens (tertiary/aromatic N) is 2. The highest BCUT2D eigenvalue weighted by Gasteiger charge is 2.31. The molecule has 1 atom stereocenters. The largest absolute Gasteiger partial charge is 0.477 e. The van der Waals surface area contributed by atoms with E-state index in [-0.39, 0.29) is 11.8 Å². The lowest BCUT2D eigenvalue weighted by atomic mass is 9.99. The number of hydrogen-bond donors (Lipinski definition) is 1. The lowest BCUT2D eigenvalue weighted by Gasteiger charge is -2.34. The second-order valence-electron chi connectivity index (χ2n) is 8.34. The van der Waals surface area contributed by atoms with E-state index < -0.39 is 23.8 Å². The molecule has 5 nitrogen and oxygen atoms in total. The van der Waals surface area contributed by atoms with Gasteiger partial charge in [-0.1, -0.05) is 48.5 Å². The van der Waals surface area contributed by atoms with Crippen LogP contribution in [0.4, 0.5) is 13.2 Å². The van der Waals surface area contributed by atoms with Gasteiger partial charge < -0.3 is 9.84 Å². The molecule has 1 aliphatic rings. The molecule has 0 amide bonds. The predicted octanol–water partition coefficient (Wildman–Crippen LogP) is 5.57. The van der Waals surface area contributed by atoms with Crippen LogP contribution in [0, 0.1) is 0 Å². The Morgan fingerprint density at radius 3 is 2.24 bits per heavy atom. The van der Waals surface area contributed by atoms with Crippen LogP contribution in [-0.2, 0) is 17.5 Å². The van der Waals surface area contributed by atoms with Crippen LogP contribution in [0.2, 0.25) is 0 Å². The molecule has 1 N–H and O–H groups in total. The van der Waals surface area contributed by atoms with Gasteiger partial charge in [-0.25, -0.2) is 9.78 Å². The van der Waals surface area contributed by atoms with E-state index in [2.05, 4.69) is 9.88 Å². The van der Waals surface area contributed by atoms with E-state index in [1.54, 1.807) is 6.07 Å². The number of carbonyl (C=O) groups is 1. The minimum atomic E-state index is -4.38. The van der Waals surface area contributed by atoms with E-state index in [0.717, 1.165) is 43.6 Å². The number of carboxylic acids is 1. The first-order chi connectivity index (χ1) is 16.3. The van der Waals surface area contributed by atoms with E-state index >= 15 is 0 Å². The number of aromatic nitrogens is 1. The van der Waals surface area contributed by atoms with E-state index in [4.69, 9.17) is 9.84 Å². The zero-order valence-electron chi connectivity index (χ0n) is 18.4. The summed E-state index contributed by atoms with van der Waals surface area (Å²) in [7, 11) is 0. The molecular weight excluding hydrogens is 445 g/mol. The molecule has 1 aromatic heterocycles. The molecule has 1 unspecified atom stereocenters. The third kappa shape index (κ3) is 6.01. The van der Waals surface area contributed by atoms with Crippen LogP contribution in [0.3, 0.4) is 0 Å². The van der Waals surface area contributed by atoms with Crippen LogP contribution < -0.4 is 0 Å². The van der Waals surface area contributed by atoms with Crippen LogP contribution in [-0.4, -0.2) is 40.2 Å². The number of hydrogen-bond acceptors (Lipinski definition) is 4. The normalized spacial score (nSPS) is 16.3. The van der Waals surface area contributed by atoms with E-state index in [1.807, 2.05) is 36.4 Å². The summed E-state index contributed by atoms with van der Waals surface area (Å²) in [6.45, 7) is 2.05. The molecule has 1 saturated heterocycles. The second kappa shape index (κ2) is 10.4. The second-order valence-corrected chi connectivity index (χ2v) is 8.34. The minimum Gasteiger partial charge on any atom is -0.477 e. The average molecular weight is 470 g/mol. The number of benzene rings is 2. The smallest absolute Gasteiger partial charge is 0.416 e. The molecule has 34 heavy (non-hydrogen) atoms. The fourth-order valence-electron chi connectivity index (χ4n) is 4.14. The van der Waals surface area contributed by atoms with Crippen molar-refractivity contribution in [3.63, 3.8) is 0 Å². The van der Waals surface area contributed by atoms with Gasteiger partial charge in [0, 0.05) is 19.6 Å². The monoisotopic (exact) mass is 470 g/mol. The predicted molar refractivity (Wildman–Crippen MR) is 120 cm³/mol. The van der Waals surface area contributed by atoms with Crippen molar-refractivity contribution < 1.29 is 27.8 Å². The lowest BCUT2D eigenvalue weighted by Crippen LogP contribution is -2.37. The Morgan fingerprint density at radius 1 is 0.971 bits per heavy atom. The van der Waals surface area contributed by atoms with Crippen molar-refractivity contribution in [2.75, 3.05) is 13.1 Å². The number of halogens is 3. The summed E-state index contributed by atoms with van der Waals surface area (Å²) in [5.41, 5.74) is 1.61. The summed E-state index contributed by atoms with van der Waals surface area (Å²) in [5.74, 6) is -1.05. The Bertz CT molecular complexity index is 1100. The number of rotatable bonds is 7. The SMILES string of the molecule is O=C(O)c1cccc(CN2CCC(OC(c3ccccc3)c3ccc(C(F)(F)F)cc3)CC2)n1. The van der Waals surface area contributed by atoms with Gasteiger partial charge in [-0.15, -0.1) is 0 Å². The zero-order valence-corrected chi connectivity index (χ0v) is 18.4. The molecule has 4 rings (SSSR count). The Balaban J connectivity index is 1.42. The van der Waals surface area contributed by atoms with Gasteiger partial charge in [0.1, 0.15) is 11.8 Å². The molecule has 0 spiro atoms. The van der Waals surface area contributed by atoms with Crippen molar-refractivity contribution in [1.29, 1.82) is 0 Å². The number of piperidine rings is 1. The number of pyridine rings is 1. The standard InChI is InChI=1S/C26H25F3N2O3/c27-26(28,29)20-11-9-19(10-12-20)24(18-5-2-1-3-6-18)34-22-13-15-31(16-14-22)17-21-7-4-8-23(30-21)25(32)33/h1-12,22,24H,13-17H2,(H,32,33). The highest BCUT2D eigenvalue weighted by molar-refractivity contribution is 5.85. The van der Waals surface area contributed by atoms with Gasteiger partial charge in [0.05, 0.1) is 17.4 Å². The Morgan fingerprint density at radius 2 is 1.62 bits per heavy atom. The number of likely N-dealkylation sites (tertiary alicyclic amines) is 1. The van der Waals surface area contributed by atoms with Gasteiger partial charge in [-0.2, -0.15) is 13.2 Å². The first-order valence-electron chi connectivity index (χ1n) is 11.1. The molecule has 1 fully saturated rings. The summed E-state index contributed by atoms with van der Waals surface area (Å²) in [4.78, 5) is 17.5. The minimum absolute atomic E-state index is 0.0259. The van der Waals surface area contributed by atoms with Crippen LogP contribution in [0.5, 0.6) is 0 Å². The van der Waals surface area contributed by atoms with Crippen molar-refractivity contribution in [3.05, 3.63) is 101 Å².